The van der Waals surface area contributed by atoms with Crippen molar-refractivity contribution in [1.29, 1.82) is 0 Å². The molecule has 1 unspecified atom stereocenters. The molecular weight excluding hydrogens is 290 g/mol. The smallest absolute Gasteiger partial charge is 0.258 e. The first-order valence-electron chi connectivity index (χ1n) is 7.62. The molecule has 0 aromatic heterocycles. The highest BCUT2D eigenvalue weighted by Crippen LogP contribution is 2.40. The molecule has 0 saturated carbocycles. The van der Waals surface area contributed by atoms with E-state index in [4.69, 9.17) is 4.74 Å². The van der Waals surface area contributed by atoms with E-state index in [2.05, 4.69) is 0 Å². The number of ether oxygens (including phenoxy) is 1. The molecule has 4 heteroatoms. The summed E-state index contributed by atoms with van der Waals surface area (Å²) in [5, 5.41) is 10.6. The van der Waals surface area contributed by atoms with E-state index >= 15 is 0 Å². The van der Waals surface area contributed by atoms with Crippen LogP contribution in [0.25, 0.3) is 0 Å². The quantitative estimate of drug-likeness (QED) is 0.928. The molecule has 0 fully saturated rings. The molecule has 1 aliphatic heterocycles. The first-order chi connectivity index (χ1) is 11.2. The third kappa shape index (κ3) is 2.57. The van der Waals surface area contributed by atoms with Crippen LogP contribution in [0.2, 0.25) is 0 Å². The number of rotatable bonds is 4. The second-order valence-electron chi connectivity index (χ2n) is 5.40. The van der Waals surface area contributed by atoms with Crippen molar-refractivity contribution in [2.24, 2.45) is 0 Å². The van der Waals surface area contributed by atoms with Crippen LogP contribution in [0.4, 0.5) is 5.69 Å². The lowest BCUT2D eigenvalue weighted by Crippen LogP contribution is -2.30. The van der Waals surface area contributed by atoms with Gasteiger partial charge < -0.3 is 9.84 Å². The molecule has 1 N–H and O–H groups in total. The number of hydrogen-bond acceptors (Lipinski definition) is 3. The Hall–Kier alpha value is -2.75. The summed E-state index contributed by atoms with van der Waals surface area (Å²) in [5.41, 5.74) is 2.09. The number of amides is 1. The molecule has 0 spiro atoms. The van der Waals surface area contributed by atoms with Crippen molar-refractivity contribution >= 4 is 11.6 Å². The van der Waals surface area contributed by atoms with E-state index < -0.39 is 6.04 Å². The molecule has 23 heavy (non-hydrogen) atoms. The largest absolute Gasteiger partial charge is 0.509 e. The molecule has 1 aliphatic rings. The SMILES string of the molecule is CCC1=C(O)C(c2ccccc2)N(c2ccc(OC)cc2)C1=O. The molecule has 3 rings (SSSR count). The summed E-state index contributed by atoms with van der Waals surface area (Å²) in [6.07, 6.45) is 0.501. The predicted octanol–water partition coefficient (Wildman–Crippen LogP) is 4.01. The summed E-state index contributed by atoms with van der Waals surface area (Å²) in [7, 11) is 1.60. The Labute approximate surface area is 135 Å². The predicted molar refractivity (Wildman–Crippen MR) is 89.6 cm³/mol. The van der Waals surface area contributed by atoms with E-state index in [0.717, 1.165) is 17.0 Å². The van der Waals surface area contributed by atoms with Gasteiger partial charge in [0.25, 0.3) is 5.91 Å². The zero-order valence-electron chi connectivity index (χ0n) is 13.2. The van der Waals surface area contributed by atoms with E-state index in [9.17, 15) is 9.90 Å². The molecule has 2 aromatic carbocycles. The Bertz CT molecular complexity index is 735. The fourth-order valence-electron chi connectivity index (χ4n) is 2.94. The Balaban J connectivity index is 2.07. The molecule has 118 valence electrons. The van der Waals surface area contributed by atoms with Crippen LogP contribution in [0.15, 0.2) is 65.9 Å². The number of nitrogens with zero attached hydrogens (tertiary/aromatic N) is 1. The van der Waals surface area contributed by atoms with Crippen LogP contribution in [-0.2, 0) is 4.79 Å². The topological polar surface area (TPSA) is 49.8 Å². The highest BCUT2D eigenvalue weighted by Gasteiger charge is 2.40. The molecule has 0 bridgehead atoms. The van der Waals surface area contributed by atoms with Crippen LogP contribution < -0.4 is 9.64 Å². The van der Waals surface area contributed by atoms with Gasteiger partial charge in [-0.25, -0.2) is 0 Å². The maximum atomic E-state index is 12.8. The summed E-state index contributed by atoms with van der Waals surface area (Å²) >= 11 is 0. The summed E-state index contributed by atoms with van der Waals surface area (Å²) in [6, 6.07) is 16.4. The van der Waals surface area contributed by atoms with Gasteiger partial charge in [-0.3, -0.25) is 9.69 Å². The van der Waals surface area contributed by atoms with Crippen molar-refractivity contribution in [2.75, 3.05) is 12.0 Å². The van der Waals surface area contributed by atoms with Crippen molar-refractivity contribution in [3.05, 3.63) is 71.5 Å². The zero-order chi connectivity index (χ0) is 16.4. The number of benzene rings is 2. The number of aliphatic hydroxyl groups is 1. The molecule has 4 nitrogen and oxygen atoms in total. The number of aliphatic hydroxyl groups excluding tert-OH is 1. The minimum atomic E-state index is -0.480. The van der Waals surface area contributed by atoms with E-state index in [0.29, 0.717) is 12.0 Å². The van der Waals surface area contributed by atoms with Crippen LogP contribution in [0.3, 0.4) is 0 Å². The van der Waals surface area contributed by atoms with Gasteiger partial charge in [-0.2, -0.15) is 0 Å². The molecule has 1 amide bonds. The van der Waals surface area contributed by atoms with E-state index in [1.807, 2.05) is 61.5 Å². The highest BCUT2D eigenvalue weighted by molar-refractivity contribution is 6.09. The van der Waals surface area contributed by atoms with E-state index in [-0.39, 0.29) is 11.7 Å². The fraction of sp³-hybridized carbons (Fsp3) is 0.211. The standard InChI is InChI=1S/C19H19NO3/c1-3-16-18(21)17(13-7-5-4-6-8-13)20(19(16)22)14-9-11-15(23-2)12-10-14/h4-12,17,21H,3H2,1-2H3. The maximum absolute atomic E-state index is 12.8. The molecular formula is C19H19NO3. The molecule has 0 aliphatic carbocycles. The van der Waals surface area contributed by atoms with Gasteiger partial charge in [0, 0.05) is 5.69 Å². The van der Waals surface area contributed by atoms with Gasteiger partial charge >= 0.3 is 0 Å². The van der Waals surface area contributed by atoms with E-state index in [1.54, 1.807) is 12.0 Å². The number of hydrogen-bond donors (Lipinski definition) is 1. The van der Waals surface area contributed by atoms with Gasteiger partial charge in [0.1, 0.15) is 17.6 Å². The Kier molecular flexibility index (Phi) is 4.06. The number of anilines is 1. The van der Waals surface area contributed by atoms with Gasteiger partial charge in [-0.1, -0.05) is 37.3 Å². The molecule has 1 atom stereocenters. The average Bonchev–Trinajstić information content (AvgIpc) is 2.85. The molecule has 1 heterocycles. The Morgan fingerprint density at radius 2 is 1.74 bits per heavy atom. The van der Waals surface area contributed by atoms with Crippen LogP contribution >= 0.6 is 0 Å². The molecule has 2 aromatic rings. The second-order valence-corrected chi connectivity index (χ2v) is 5.40. The minimum Gasteiger partial charge on any atom is -0.509 e. The van der Waals surface area contributed by atoms with Gasteiger partial charge in [0.2, 0.25) is 0 Å². The van der Waals surface area contributed by atoms with Crippen LogP contribution in [0.1, 0.15) is 24.9 Å². The van der Waals surface area contributed by atoms with Crippen LogP contribution in [0, 0.1) is 0 Å². The van der Waals surface area contributed by atoms with Crippen molar-refractivity contribution < 1.29 is 14.6 Å². The second kappa shape index (κ2) is 6.16. The maximum Gasteiger partial charge on any atom is 0.258 e. The van der Waals surface area contributed by atoms with Crippen molar-refractivity contribution in [2.45, 2.75) is 19.4 Å². The van der Waals surface area contributed by atoms with Gasteiger partial charge in [-0.15, -0.1) is 0 Å². The normalized spacial score (nSPS) is 17.7. The number of carbonyl (C=O) groups is 1. The first kappa shape index (κ1) is 15.2. The van der Waals surface area contributed by atoms with Crippen LogP contribution in [0.5, 0.6) is 5.75 Å². The van der Waals surface area contributed by atoms with E-state index in [1.165, 1.54) is 0 Å². The molecule has 0 radical (unpaired) electrons. The lowest BCUT2D eigenvalue weighted by Gasteiger charge is -2.26. The van der Waals surface area contributed by atoms with Gasteiger partial charge in [0.15, 0.2) is 0 Å². The lowest BCUT2D eigenvalue weighted by molar-refractivity contribution is -0.114. The summed E-state index contributed by atoms with van der Waals surface area (Å²) in [4.78, 5) is 14.4. The third-order valence-corrected chi connectivity index (χ3v) is 4.12. The molecule has 0 saturated heterocycles. The van der Waals surface area contributed by atoms with Crippen molar-refractivity contribution in [1.82, 2.24) is 0 Å². The van der Waals surface area contributed by atoms with Crippen molar-refractivity contribution in [3.8, 4) is 5.75 Å². The van der Waals surface area contributed by atoms with Gasteiger partial charge in [0.05, 0.1) is 12.7 Å². The lowest BCUT2D eigenvalue weighted by atomic mass is 10.0. The van der Waals surface area contributed by atoms with Gasteiger partial charge in [-0.05, 0) is 36.2 Å². The Morgan fingerprint density at radius 3 is 2.30 bits per heavy atom. The zero-order valence-corrected chi connectivity index (χ0v) is 13.2. The van der Waals surface area contributed by atoms with Crippen LogP contribution in [-0.4, -0.2) is 18.1 Å². The monoisotopic (exact) mass is 309 g/mol. The van der Waals surface area contributed by atoms with Crippen molar-refractivity contribution in [3.63, 3.8) is 0 Å². The number of carbonyl (C=O) groups excluding carboxylic acids is 1. The fourth-order valence-corrected chi connectivity index (χ4v) is 2.94. The average molecular weight is 309 g/mol. The minimum absolute atomic E-state index is 0.138. The summed E-state index contributed by atoms with van der Waals surface area (Å²) in [5.74, 6) is 0.716. The third-order valence-electron chi connectivity index (χ3n) is 4.12. The Morgan fingerprint density at radius 1 is 1.09 bits per heavy atom. The summed E-state index contributed by atoms with van der Waals surface area (Å²) < 4.78 is 5.17. The number of methoxy groups -OCH3 is 1. The highest BCUT2D eigenvalue weighted by atomic mass is 16.5. The first-order valence-corrected chi connectivity index (χ1v) is 7.62. The summed E-state index contributed by atoms with van der Waals surface area (Å²) in [6.45, 7) is 1.88.